The first-order valence-electron chi connectivity index (χ1n) is 9.34. The fraction of sp³-hybridized carbons (Fsp3) is 0.304. The molecule has 2 N–H and O–H groups in total. The van der Waals surface area contributed by atoms with E-state index in [9.17, 15) is 14.7 Å². The van der Waals surface area contributed by atoms with Crippen molar-refractivity contribution in [3.8, 4) is 17.2 Å². The lowest BCUT2D eigenvalue weighted by molar-refractivity contribution is -0.142. The minimum Gasteiger partial charge on any atom is -0.504 e. The normalized spacial score (nSPS) is 11.2. The highest BCUT2D eigenvalue weighted by atomic mass is 16.5. The molecule has 0 saturated heterocycles. The average Bonchev–Trinajstić information content (AvgIpc) is 2.70. The fourth-order valence-corrected chi connectivity index (χ4v) is 2.61. The highest BCUT2D eigenvalue weighted by Crippen LogP contribution is 2.31. The van der Waals surface area contributed by atoms with Gasteiger partial charge in [-0.1, -0.05) is 32.9 Å². The maximum atomic E-state index is 12.2. The zero-order valence-corrected chi connectivity index (χ0v) is 17.8. The van der Waals surface area contributed by atoms with Gasteiger partial charge in [0.2, 0.25) is 0 Å². The van der Waals surface area contributed by atoms with E-state index in [1.807, 2.05) is 12.1 Å². The number of phenols is 1. The largest absolute Gasteiger partial charge is 0.504 e. The van der Waals surface area contributed by atoms with Crippen molar-refractivity contribution in [3.05, 3.63) is 53.6 Å². The predicted molar refractivity (Wildman–Crippen MR) is 115 cm³/mol. The second kappa shape index (κ2) is 9.82. The van der Waals surface area contributed by atoms with E-state index in [1.54, 1.807) is 18.2 Å². The van der Waals surface area contributed by atoms with Gasteiger partial charge in [-0.3, -0.25) is 4.79 Å². The van der Waals surface area contributed by atoms with Crippen LogP contribution in [0, 0.1) is 0 Å². The van der Waals surface area contributed by atoms with E-state index in [0.717, 1.165) is 5.56 Å². The number of ether oxygens (including phenoxy) is 3. The average molecular weight is 413 g/mol. The maximum absolute atomic E-state index is 12.2. The molecule has 1 amide bonds. The monoisotopic (exact) mass is 413 g/mol. The van der Waals surface area contributed by atoms with Gasteiger partial charge in [0, 0.05) is 6.08 Å². The molecule has 2 aromatic rings. The molecule has 0 unspecified atom stereocenters. The van der Waals surface area contributed by atoms with E-state index in [1.165, 1.54) is 32.4 Å². The summed E-state index contributed by atoms with van der Waals surface area (Å²) in [5.74, 6) is -0.347. The van der Waals surface area contributed by atoms with Gasteiger partial charge in [0.05, 0.1) is 19.9 Å². The third kappa shape index (κ3) is 6.27. The molecule has 2 rings (SSSR count). The molecule has 0 atom stereocenters. The van der Waals surface area contributed by atoms with Crippen molar-refractivity contribution in [2.45, 2.75) is 26.2 Å². The summed E-state index contributed by atoms with van der Waals surface area (Å²) in [7, 11) is 2.95. The van der Waals surface area contributed by atoms with Crippen molar-refractivity contribution in [1.82, 2.24) is 0 Å². The molecule has 0 fully saturated rings. The van der Waals surface area contributed by atoms with Crippen molar-refractivity contribution in [1.29, 1.82) is 0 Å². The Morgan fingerprint density at radius 2 is 1.73 bits per heavy atom. The van der Waals surface area contributed by atoms with Crippen molar-refractivity contribution in [3.63, 3.8) is 0 Å². The first-order chi connectivity index (χ1) is 14.1. The van der Waals surface area contributed by atoms with Crippen LogP contribution in [0.1, 0.15) is 31.9 Å². The fourth-order valence-electron chi connectivity index (χ4n) is 2.61. The van der Waals surface area contributed by atoms with Gasteiger partial charge >= 0.3 is 5.97 Å². The maximum Gasteiger partial charge on any atom is 0.331 e. The lowest BCUT2D eigenvalue weighted by Gasteiger charge is -2.21. The summed E-state index contributed by atoms with van der Waals surface area (Å²) in [5, 5.41) is 12.3. The number of carbonyl (C=O) groups is 2. The SMILES string of the molecule is COc1cc(/C=C/C(=O)OCC(=O)Nc2cc(C(C)(C)C)ccc2OC)ccc1O. The quantitative estimate of drug-likeness (QED) is 0.528. The lowest BCUT2D eigenvalue weighted by Crippen LogP contribution is -2.21. The highest BCUT2D eigenvalue weighted by molar-refractivity contribution is 5.95. The Morgan fingerprint density at radius 3 is 2.37 bits per heavy atom. The van der Waals surface area contributed by atoms with Crippen LogP contribution in [0.4, 0.5) is 5.69 Å². The Hall–Kier alpha value is -3.48. The Morgan fingerprint density at radius 1 is 1.03 bits per heavy atom. The summed E-state index contributed by atoms with van der Waals surface area (Å²) in [6, 6.07) is 10.2. The molecule has 0 radical (unpaired) electrons. The van der Waals surface area contributed by atoms with Crippen LogP contribution in [-0.2, 0) is 19.7 Å². The summed E-state index contributed by atoms with van der Waals surface area (Å²) < 4.78 is 15.3. The second-order valence-electron chi connectivity index (χ2n) is 7.59. The smallest absolute Gasteiger partial charge is 0.331 e. The Bertz CT molecular complexity index is 943. The molecule has 0 aliphatic heterocycles. The molecule has 7 nitrogen and oxygen atoms in total. The summed E-state index contributed by atoms with van der Waals surface area (Å²) >= 11 is 0. The minimum atomic E-state index is -0.674. The van der Waals surface area contributed by atoms with Crippen molar-refractivity contribution < 1.29 is 28.9 Å². The zero-order chi connectivity index (χ0) is 22.3. The van der Waals surface area contributed by atoms with E-state index < -0.39 is 18.5 Å². The lowest BCUT2D eigenvalue weighted by atomic mass is 9.87. The third-order valence-corrected chi connectivity index (χ3v) is 4.30. The number of carbonyl (C=O) groups excluding carboxylic acids is 2. The van der Waals surface area contributed by atoms with E-state index in [-0.39, 0.29) is 16.9 Å². The number of hydrogen-bond donors (Lipinski definition) is 2. The van der Waals surface area contributed by atoms with Gasteiger partial charge < -0.3 is 24.6 Å². The molecular formula is C23H27NO6. The first-order valence-corrected chi connectivity index (χ1v) is 9.34. The molecule has 0 aliphatic carbocycles. The Balaban J connectivity index is 1.97. The number of anilines is 1. The van der Waals surface area contributed by atoms with Crippen LogP contribution in [0.2, 0.25) is 0 Å². The van der Waals surface area contributed by atoms with Gasteiger partial charge in [0.15, 0.2) is 18.1 Å². The van der Waals surface area contributed by atoms with Crippen LogP contribution < -0.4 is 14.8 Å². The molecule has 0 spiro atoms. The number of rotatable bonds is 7. The van der Waals surface area contributed by atoms with Crippen LogP contribution in [0.5, 0.6) is 17.2 Å². The molecular weight excluding hydrogens is 386 g/mol. The summed E-state index contributed by atoms with van der Waals surface area (Å²) in [6.07, 6.45) is 2.69. The molecule has 0 aromatic heterocycles. The molecule has 7 heteroatoms. The highest BCUT2D eigenvalue weighted by Gasteiger charge is 2.17. The number of hydrogen-bond acceptors (Lipinski definition) is 6. The second-order valence-corrected chi connectivity index (χ2v) is 7.59. The van der Waals surface area contributed by atoms with E-state index >= 15 is 0 Å². The number of phenolic OH excluding ortho intramolecular Hbond substituents is 1. The predicted octanol–water partition coefficient (Wildman–Crippen LogP) is 3.90. The molecule has 0 aliphatic rings. The van der Waals surface area contributed by atoms with Crippen molar-refractivity contribution >= 4 is 23.6 Å². The number of aromatic hydroxyl groups is 1. The van der Waals surface area contributed by atoms with Crippen LogP contribution in [-0.4, -0.2) is 37.8 Å². The minimum absolute atomic E-state index is 0.000134. The zero-order valence-electron chi connectivity index (χ0n) is 17.8. The van der Waals surface area contributed by atoms with E-state index in [0.29, 0.717) is 17.0 Å². The van der Waals surface area contributed by atoms with Gasteiger partial charge in [-0.25, -0.2) is 4.79 Å². The Kier molecular flexibility index (Phi) is 7.47. The van der Waals surface area contributed by atoms with Gasteiger partial charge in [-0.2, -0.15) is 0 Å². The number of nitrogens with one attached hydrogen (secondary N) is 1. The van der Waals surface area contributed by atoms with Crippen LogP contribution >= 0.6 is 0 Å². The third-order valence-electron chi connectivity index (χ3n) is 4.30. The van der Waals surface area contributed by atoms with Crippen LogP contribution in [0.3, 0.4) is 0 Å². The molecule has 2 aromatic carbocycles. The number of methoxy groups -OCH3 is 2. The van der Waals surface area contributed by atoms with Gasteiger partial charge in [0.25, 0.3) is 5.91 Å². The topological polar surface area (TPSA) is 94.1 Å². The molecule has 0 heterocycles. The summed E-state index contributed by atoms with van der Waals surface area (Å²) in [6.45, 7) is 5.76. The number of benzene rings is 2. The standard InChI is InChI=1S/C23H27NO6/c1-23(2,3)16-8-10-19(28-4)17(13-16)24-21(26)14-30-22(27)11-7-15-6-9-18(25)20(12-15)29-5/h6-13,25H,14H2,1-5H3,(H,24,26)/b11-7+. The summed E-state index contributed by atoms with van der Waals surface area (Å²) in [4.78, 5) is 24.1. The number of amides is 1. The Labute approximate surface area is 176 Å². The summed E-state index contributed by atoms with van der Waals surface area (Å²) in [5.41, 5.74) is 2.08. The van der Waals surface area contributed by atoms with Gasteiger partial charge in [0.1, 0.15) is 5.75 Å². The van der Waals surface area contributed by atoms with Gasteiger partial charge in [-0.15, -0.1) is 0 Å². The number of esters is 1. The van der Waals surface area contributed by atoms with Crippen LogP contribution in [0.15, 0.2) is 42.5 Å². The van der Waals surface area contributed by atoms with Crippen molar-refractivity contribution in [2.24, 2.45) is 0 Å². The molecule has 0 saturated carbocycles. The molecule has 0 bridgehead atoms. The van der Waals surface area contributed by atoms with Gasteiger partial charge in [-0.05, 0) is 46.9 Å². The van der Waals surface area contributed by atoms with E-state index in [2.05, 4.69) is 26.1 Å². The molecule has 30 heavy (non-hydrogen) atoms. The van der Waals surface area contributed by atoms with Crippen LogP contribution in [0.25, 0.3) is 6.08 Å². The van der Waals surface area contributed by atoms with Crippen molar-refractivity contribution in [2.75, 3.05) is 26.1 Å². The van der Waals surface area contributed by atoms with E-state index in [4.69, 9.17) is 14.2 Å². The first kappa shape index (κ1) is 22.8. The molecule has 160 valence electrons.